The fourth-order valence-electron chi connectivity index (χ4n) is 0.184. The van der Waals surface area contributed by atoms with E-state index in [1.54, 1.807) is 0 Å². The van der Waals surface area contributed by atoms with Crippen LogP contribution in [0.3, 0.4) is 0 Å². The van der Waals surface area contributed by atoms with Gasteiger partial charge in [-0.2, -0.15) is 5.90 Å². The number of carbonyl (C=O) groups excluding carboxylic acids is 1. The fraction of sp³-hybridized carbons (Fsp3) is 0. The van der Waals surface area contributed by atoms with Gasteiger partial charge in [0, 0.05) is 0 Å². The van der Waals surface area contributed by atoms with Gasteiger partial charge in [0.1, 0.15) is 6.26 Å². The van der Waals surface area contributed by atoms with Gasteiger partial charge < -0.3 is 9.57 Å². The molecule has 0 fully saturated rings. The molecule has 1 heterocycles. The normalized spacial score (nSPS) is 14.1. The highest BCUT2D eigenvalue weighted by atomic mass is 16.7. The molecular weight excluding hydrogens is 98.0 g/mol. The Labute approximate surface area is 39.5 Å². The maximum atomic E-state index is 10.0. The topological polar surface area (TPSA) is 64.8 Å². The van der Waals surface area contributed by atoms with Gasteiger partial charge in [-0.05, 0) is 0 Å². The number of hydrogen-bond donors (Lipinski definition) is 1. The van der Waals surface area contributed by atoms with E-state index in [0.29, 0.717) is 0 Å². The van der Waals surface area contributed by atoms with Crippen LogP contribution in [0.4, 0.5) is 0 Å². The molecule has 0 amide bonds. The average Bonchev–Trinajstić information content (AvgIpc) is 2.44. The maximum absolute atomic E-state index is 10.0. The summed E-state index contributed by atoms with van der Waals surface area (Å²) in [6.07, 6.45) is 1.26. The van der Waals surface area contributed by atoms with Crippen LogP contribution in [0.25, 0.3) is 0 Å². The van der Waals surface area contributed by atoms with Crippen LogP contribution in [0, 0.1) is 0 Å². The number of ether oxygens (including phenoxy) is 1. The number of nitrogens with two attached hydrogens (primary N) is 1. The number of hydrogen-bond acceptors (Lipinski definition) is 4. The van der Waals surface area contributed by atoms with Gasteiger partial charge in [0.05, 0.1) is 0 Å². The van der Waals surface area contributed by atoms with E-state index in [1.165, 1.54) is 6.26 Å². The first kappa shape index (κ1) is 4.14. The molecule has 4 heteroatoms. The van der Waals surface area contributed by atoms with Gasteiger partial charge in [-0.25, -0.2) is 4.79 Å². The molecule has 0 bridgehead atoms. The zero-order valence-electron chi connectivity index (χ0n) is 3.38. The smallest absolute Gasteiger partial charge is 0.395 e. The zero-order valence-corrected chi connectivity index (χ0v) is 3.38. The molecule has 38 valence electrons. The largest absolute Gasteiger partial charge is 0.450 e. The van der Waals surface area contributed by atoms with Crippen molar-refractivity contribution in [2.45, 2.75) is 0 Å². The molecule has 1 rings (SSSR count). The first-order valence-corrected chi connectivity index (χ1v) is 1.62. The summed E-state index contributed by atoms with van der Waals surface area (Å²) < 4.78 is 4.30. The van der Waals surface area contributed by atoms with Crippen LogP contribution in [0.2, 0.25) is 0 Å². The molecule has 0 aliphatic carbocycles. The van der Waals surface area contributed by atoms with E-state index < -0.39 is 5.97 Å². The molecule has 4 nitrogen and oxygen atoms in total. The first-order chi connectivity index (χ1) is 3.34. The predicted molar refractivity (Wildman–Crippen MR) is 19.4 cm³/mol. The van der Waals surface area contributed by atoms with Crippen molar-refractivity contribution in [2.75, 3.05) is 0 Å². The molecular formula is C3H3NO3. The summed E-state index contributed by atoms with van der Waals surface area (Å²) in [6.45, 7) is 0. The van der Waals surface area contributed by atoms with Gasteiger partial charge in [0.25, 0.3) is 0 Å². The van der Waals surface area contributed by atoms with E-state index >= 15 is 0 Å². The van der Waals surface area contributed by atoms with Crippen molar-refractivity contribution in [1.29, 1.82) is 0 Å². The van der Waals surface area contributed by atoms with Gasteiger partial charge >= 0.3 is 5.97 Å². The van der Waals surface area contributed by atoms with E-state index in [1.807, 2.05) is 0 Å². The second kappa shape index (κ2) is 1.23. The molecule has 2 N–H and O–H groups in total. The van der Waals surface area contributed by atoms with Gasteiger partial charge in [0.15, 0.2) is 0 Å². The average molecular weight is 101 g/mol. The van der Waals surface area contributed by atoms with E-state index in [9.17, 15) is 4.79 Å². The molecule has 0 radical (unpaired) electrons. The molecule has 7 heavy (non-hydrogen) atoms. The Kier molecular flexibility index (Phi) is 0.729. The lowest BCUT2D eigenvalue weighted by atomic mass is 10.7. The minimum absolute atomic E-state index is 0.183. The molecule has 0 aromatic carbocycles. The molecule has 0 aromatic heterocycles. The van der Waals surface area contributed by atoms with Crippen molar-refractivity contribution in [2.24, 2.45) is 5.90 Å². The highest BCUT2D eigenvalue weighted by Crippen LogP contribution is 2.12. The molecule has 0 spiro atoms. The SMILES string of the molecule is NOC(=O)C1=CO1. The van der Waals surface area contributed by atoms with Crippen molar-refractivity contribution in [1.82, 2.24) is 0 Å². The van der Waals surface area contributed by atoms with E-state index in [-0.39, 0.29) is 5.76 Å². The Balaban J connectivity index is 2.39. The summed E-state index contributed by atoms with van der Waals surface area (Å²) >= 11 is 0. The Morgan fingerprint density at radius 2 is 2.57 bits per heavy atom. The highest BCUT2D eigenvalue weighted by Gasteiger charge is 2.20. The van der Waals surface area contributed by atoms with E-state index in [4.69, 9.17) is 0 Å². The minimum atomic E-state index is -0.625. The van der Waals surface area contributed by atoms with Crippen LogP contribution in [0.1, 0.15) is 0 Å². The summed E-state index contributed by atoms with van der Waals surface area (Å²) in [4.78, 5) is 13.8. The molecule has 1 aliphatic rings. The molecule has 0 atom stereocenters. The molecule has 0 saturated heterocycles. The summed E-state index contributed by atoms with van der Waals surface area (Å²) in [5, 5.41) is 0. The molecule has 0 unspecified atom stereocenters. The summed E-state index contributed by atoms with van der Waals surface area (Å²) in [5.74, 6) is 4.00. The molecule has 1 aliphatic heterocycles. The van der Waals surface area contributed by atoms with Gasteiger partial charge in [0.2, 0.25) is 5.76 Å². The van der Waals surface area contributed by atoms with Crippen molar-refractivity contribution >= 4 is 5.97 Å². The highest BCUT2D eigenvalue weighted by molar-refractivity contribution is 5.88. The standard InChI is InChI=1S/C3H3NO3/c4-7-3(5)2-1-6-2/h1H,4H2. The lowest BCUT2D eigenvalue weighted by Gasteiger charge is -1.83. The third-order valence-corrected chi connectivity index (χ3v) is 0.544. The van der Waals surface area contributed by atoms with Crippen LogP contribution >= 0.6 is 0 Å². The monoisotopic (exact) mass is 101 g/mol. The number of carbonyl (C=O) groups is 1. The van der Waals surface area contributed by atoms with E-state index in [2.05, 4.69) is 15.5 Å². The van der Waals surface area contributed by atoms with E-state index in [0.717, 1.165) is 0 Å². The Morgan fingerprint density at radius 1 is 2.00 bits per heavy atom. The lowest BCUT2D eigenvalue weighted by Crippen LogP contribution is -2.07. The van der Waals surface area contributed by atoms with Gasteiger partial charge in [-0.3, -0.25) is 0 Å². The third kappa shape index (κ3) is 0.690. The van der Waals surface area contributed by atoms with Crippen molar-refractivity contribution in [3.05, 3.63) is 12.0 Å². The molecule has 0 saturated carbocycles. The van der Waals surface area contributed by atoms with Crippen LogP contribution in [0.5, 0.6) is 0 Å². The predicted octanol–water partition coefficient (Wildman–Crippen LogP) is -0.725. The quantitative estimate of drug-likeness (QED) is 0.442. The Morgan fingerprint density at radius 3 is 2.71 bits per heavy atom. The van der Waals surface area contributed by atoms with Gasteiger partial charge in [-0.1, -0.05) is 0 Å². The van der Waals surface area contributed by atoms with Gasteiger partial charge in [-0.15, -0.1) is 0 Å². The van der Waals surface area contributed by atoms with Crippen LogP contribution in [-0.2, 0) is 14.4 Å². The summed E-state index contributed by atoms with van der Waals surface area (Å²) in [7, 11) is 0. The summed E-state index contributed by atoms with van der Waals surface area (Å²) in [5.41, 5.74) is 0. The number of rotatable bonds is 1. The lowest BCUT2D eigenvalue weighted by molar-refractivity contribution is -0.140. The van der Waals surface area contributed by atoms with Crippen molar-refractivity contribution in [3.63, 3.8) is 0 Å². The van der Waals surface area contributed by atoms with Crippen molar-refractivity contribution in [3.8, 4) is 0 Å². The Bertz CT molecular complexity index is 128. The van der Waals surface area contributed by atoms with Crippen LogP contribution < -0.4 is 5.90 Å². The second-order valence-corrected chi connectivity index (χ2v) is 1.01. The minimum Gasteiger partial charge on any atom is -0.450 e. The maximum Gasteiger partial charge on any atom is 0.395 e. The fourth-order valence-corrected chi connectivity index (χ4v) is 0.184. The second-order valence-electron chi connectivity index (χ2n) is 1.01. The molecule has 0 aromatic rings. The Hall–Kier alpha value is -1.03. The van der Waals surface area contributed by atoms with Crippen LogP contribution in [0.15, 0.2) is 12.0 Å². The van der Waals surface area contributed by atoms with Crippen molar-refractivity contribution < 1.29 is 14.4 Å². The first-order valence-electron chi connectivity index (χ1n) is 1.62. The summed E-state index contributed by atoms with van der Waals surface area (Å²) in [6, 6.07) is 0. The third-order valence-electron chi connectivity index (χ3n) is 0.544. The van der Waals surface area contributed by atoms with Crippen LogP contribution in [-0.4, -0.2) is 5.97 Å². The zero-order chi connectivity index (χ0) is 5.28.